The summed E-state index contributed by atoms with van der Waals surface area (Å²) in [7, 11) is 0. The highest BCUT2D eigenvalue weighted by atomic mass is 35.5. The minimum absolute atomic E-state index is 0. The molecule has 2 heterocycles. The average Bonchev–Trinajstić information content (AvgIpc) is 2.73. The molecule has 2 aliphatic rings. The number of benzene rings is 2. The van der Waals surface area contributed by atoms with E-state index in [0.717, 1.165) is 56.8 Å². The third-order valence-corrected chi connectivity index (χ3v) is 5.89. The molecule has 2 aromatic rings. The first-order valence-corrected chi connectivity index (χ1v) is 10.0. The molecular weight excluding hydrogens is 426 g/mol. The van der Waals surface area contributed by atoms with Crippen molar-refractivity contribution in [1.82, 2.24) is 4.90 Å². The third-order valence-electron chi connectivity index (χ3n) is 5.89. The van der Waals surface area contributed by atoms with E-state index in [4.69, 9.17) is 5.73 Å². The number of fused-ring (bicyclic) bond motifs is 1. The molecule has 0 atom stereocenters. The number of carbonyl (C=O) groups is 1. The summed E-state index contributed by atoms with van der Waals surface area (Å²) < 4.78 is 14.9. The molecule has 0 bridgehead atoms. The lowest BCUT2D eigenvalue weighted by Crippen LogP contribution is -2.46. The van der Waals surface area contributed by atoms with Gasteiger partial charge in [-0.05, 0) is 55.3 Å². The van der Waals surface area contributed by atoms with Crippen molar-refractivity contribution in [3.8, 4) is 0 Å². The molecule has 0 aliphatic carbocycles. The topological polar surface area (TPSA) is 52.8 Å². The normalized spacial score (nSPS) is 16.3. The Morgan fingerprint density at radius 1 is 1.03 bits per heavy atom. The summed E-state index contributed by atoms with van der Waals surface area (Å²) in [4.78, 5) is 19.2. The standard InChI is InChI=1S/C22H27FN4O.2ClH/c1-2-25-11-13-26(14-12-25)21-9-8-16(15-18(21)23)22(28)27-10-4-5-17-19(24)6-3-7-20(17)27;;/h3,6-9,15H,2,4-5,10-14,24H2,1H3;2*1H. The Morgan fingerprint density at radius 2 is 1.77 bits per heavy atom. The van der Waals surface area contributed by atoms with Gasteiger partial charge < -0.3 is 20.4 Å². The Morgan fingerprint density at radius 3 is 2.43 bits per heavy atom. The lowest BCUT2D eigenvalue weighted by Gasteiger charge is -2.35. The highest BCUT2D eigenvalue weighted by molar-refractivity contribution is 6.07. The molecule has 8 heteroatoms. The van der Waals surface area contributed by atoms with E-state index >= 15 is 0 Å². The molecule has 1 fully saturated rings. The van der Waals surface area contributed by atoms with Crippen LogP contribution in [-0.2, 0) is 6.42 Å². The molecule has 5 nitrogen and oxygen atoms in total. The van der Waals surface area contributed by atoms with Crippen LogP contribution < -0.4 is 15.5 Å². The van der Waals surface area contributed by atoms with E-state index in [1.165, 1.54) is 6.07 Å². The molecule has 0 spiro atoms. The lowest BCUT2D eigenvalue weighted by atomic mass is 9.99. The number of hydrogen-bond donors (Lipinski definition) is 1. The maximum Gasteiger partial charge on any atom is 0.258 e. The Balaban J connectivity index is 0.00000160. The van der Waals surface area contributed by atoms with Gasteiger partial charge in [0.15, 0.2) is 0 Å². The summed E-state index contributed by atoms with van der Waals surface area (Å²) in [5, 5.41) is 0. The zero-order valence-corrected chi connectivity index (χ0v) is 18.8. The fourth-order valence-electron chi connectivity index (χ4n) is 4.22. The number of nitrogens with zero attached hydrogens (tertiary/aromatic N) is 3. The van der Waals surface area contributed by atoms with Crippen LogP contribution in [0.2, 0.25) is 0 Å². The van der Waals surface area contributed by atoms with Crippen LogP contribution in [0, 0.1) is 5.82 Å². The monoisotopic (exact) mass is 454 g/mol. The predicted octanol–water partition coefficient (Wildman–Crippen LogP) is 3.99. The number of likely N-dealkylation sites (N-methyl/N-ethyl adjacent to an activating group) is 1. The van der Waals surface area contributed by atoms with Crippen molar-refractivity contribution in [2.75, 3.05) is 54.8 Å². The van der Waals surface area contributed by atoms with Gasteiger partial charge in [0.25, 0.3) is 5.91 Å². The largest absolute Gasteiger partial charge is 0.398 e. The van der Waals surface area contributed by atoms with Crippen molar-refractivity contribution in [2.24, 2.45) is 0 Å². The van der Waals surface area contributed by atoms with Crippen LogP contribution in [0.5, 0.6) is 0 Å². The van der Waals surface area contributed by atoms with Crippen molar-refractivity contribution in [1.29, 1.82) is 0 Å². The molecule has 2 aromatic carbocycles. The number of anilines is 3. The number of amides is 1. The number of piperazine rings is 1. The van der Waals surface area contributed by atoms with Gasteiger partial charge in [-0.2, -0.15) is 0 Å². The molecule has 0 radical (unpaired) electrons. The minimum atomic E-state index is -0.333. The second-order valence-corrected chi connectivity index (χ2v) is 7.49. The van der Waals surface area contributed by atoms with Gasteiger partial charge in [0.2, 0.25) is 0 Å². The molecule has 30 heavy (non-hydrogen) atoms. The molecule has 164 valence electrons. The molecule has 2 aliphatic heterocycles. The zero-order valence-electron chi connectivity index (χ0n) is 17.1. The van der Waals surface area contributed by atoms with Gasteiger partial charge >= 0.3 is 0 Å². The van der Waals surface area contributed by atoms with Crippen LogP contribution in [0.4, 0.5) is 21.5 Å². The first kappa shape index (κ1) is 24.3. The Bertz CT molecular complexity index is 887. The molecule has 4 rings (SSSR count). The highest BCUT2D eigenvalue weighted by Crippen LogP contribution is 2.32. The summed E-state index contributed by atoms with van der Waals surface area (Å²) in [6.07, 6.45) is 1.72. The van der Waals surface area contributed by atoms with Crippen LogP contribution in [0.25, 0.3) is 0 Å². The van der Waals surface area contributed by atoms with Crippen molar-refractivity contribution >= 4 is 47.8 Å². The van der Waals surface area contributed by atoms with E-state index < -0.39 is 0 Å². The van der Waals surface area contributed by atoms with E-state index in [0.29, 0.717) is 23.5 Å². The highest BCUT2D eigenvalue weighted by Gasteiger charge is 2.26. The number of nitrogen functional groups attached to an aromatic ring is 1. The van der Waals surface area contributed by atoms with E-state index in [1.54, 1.807) is 17.0 Å². The SMILES string of the molecule is CCN1CCN(c2ccc(C(=O)N3CCCc4c(N)cccc43)cc2F)CC1.Cl.Cl. The van der Waals surface area contributed by atoms with Gasteiger partial charge in [-0.3, -0.25) is 4.79 Å². The van der Waals surface area contributed by atoms with E-state index in [1.807, 2.05) is 18.2 Å². The third kappa shape index (κ3) is 4.66. The van der Waals surface area contributed by atoms with Crippen LogP contribution in [0.1, 0.15) is 29.3 Å². The van der Waals surface area contributed by atoms with E-state index in [-0.39, 0.29) is 36.5 Å². The van der Waals surface area contributed by atoms with Gasteiger partial charge in [-0.15, -0.1) is 24.8 Å². The predicted molar refractivity (Wildman–Crippen MR) is 126 cm³/mol. The molecule has 0 saturated carbocycles. The number of halogens is 3. The smallest absolute Gasteiger partial charge is 0.258 e. The molecule has 2 N–H and O–H groups in total. The van der Waals surface area contributed by atoms with Crippen molar-refractivity contribution in [2.45, 2.75) is 19.8 Å². The van der Waals surface area contributed by atoms with Crippen LogP contribution in [0.3, 0.4) is 0 Å². The molecule has 1 amide bonds. The number of nitrogens with two attached hydrogens (primary N) is 1. The zero-order chi connectivity index (χ0) is 19.7. The Kier molecular flexibility index (Phi) is 8.35. The van der Waals surface area contributed by atoms with Gasteiger partial charge in [0.1, 0.15) is 5.82 Å². The van der Waals surface area contributed by atoms with Crippen molar-refractivity contribution in [3.63, 3.8) is 0 Å². The van der Waals surface area contributed by atoms with E-state index in [2.05, 4.69) is 16.7 Å². The second-order valence-electron chi connectivity index (χ2n) is 7.49. The first-order valence-electron chi connectivity index (χ1n) is 10.0. The van der Waals surface area contributed by atoms with Crippen LogP contribution in [-0.4, -0.2) is 50.1 Å². The molecule has 0 aromatic heterocycles. The van der Waals surface area contributed by atoms with Crippen LogP contribution in [0.15, 0.2) is 36.4 Å². The molecule has 0 unspecified atom stereocenters. The lowest BCUT2D eigenvalue weighted by molar-refractivity contribution is 0.0984. The van der Waals surface area contributed by atoms with Gasteiger partial charge in [0.05, 0.1) is 5.69 Å². The van der Waals surface area contributed by atoms with Gasteiger partial charge in [-0.25, -0.2) is 4.39 Å². The number of carbonyl (C=O) groups excluding carboxylic acids is 1. The quantitative estimate of drug-likeness (QED) is 0.712. The summed E-state index contributed by atoms with van der Waals surface area (Å²) in [6.45, 7) is 7.26. The van der Waals surface area contributed by atoms with Crippen molar-refractivity contribution < 1.29 is 9.18 Å². The summed E-state index contributed by atoms with van der Waals surface area (Å²) in [6, 6.07) is 10.5. The number of rotatable bonds is 3. The van der Waals surface area contributed by atoms with Gasteiger partial charge in [-0.1, -0.05) is 13.0 Å². The fraction of sp³-hybridized carbons (Fsp3) is 0.409. The first-order chi connectivity index (χ1) is 13.6. The van der Waals surface area contributed by atoms with E-state index in [9.17, 15) is 9.18 Å². The summed E-state index contributed by atoms with van der Waals surface area (Å²) in [5.74, 6) is -0.506. The Labute approximate surface area is 189 Å². The maximum atomic E-state index is 14.9. The minimum Gasteiger partial charge on any atom is -0.398 e. The maximum absolute atomic E-state index is 14.9. The number of hydrogen-bond acceptors (Lipinski definition) is 4. The van der Waals surface area contributed by atoms with Crippen molar-refractivity contribution in [3.05, 3.63) is 53.3 Å². The second kappa shape index (κ2) is 10.3. The van der Waals surface area contributed by atoms with Crippen LogP contribution >= 0.6 is 24.8 Å². The average molecular weight is 455 g/mol. The molecular formula is C22H29Cl2FN4O. The molecule has 1 saturated heterocycles. The summed E-state index contributed by atoms with van der Waals surface area (Å²) >= 11 is 0. The summed E-state index contributed by atoms with van der Waals surface area (Å²) in [5.41, 5.74) is 9.60. The fourth-order valence-corrected chi connectivity index (χ4v) is 4.22. The Hall–Kier alpha value is -2.02. The van der Waals surface area contributed by atoms with Gasteiger partial charge in [0, 0.05) is 49.7 Å².